The highest BCUT2D eigenvalue weighted by Crippen LogP contribution is 2.28. The predicted molar refractivity (Wildman–Crippen MR) is 114 cm³/mol. The van der Waals surface area contributed by atoms with Gasteiger partial charge in [-0.15, -0.1) is 5.10 Å². The number of benzene rings is 1. The van der Waals surface area contributed by atoms with Gasteiger partial charge in [0.05, 0.1) is 6.54 Å². The van der Waals surface area contributed by atoms with E-state index in [0.717, 1.165) is 24.9 Å². The van der Waals surface area contributed by atoms with Crippen LogP contribution in [0, 0.1) is 12.3 Å². The average Bonchev–Trinajstić information content (AvgIpc) is 3.12. The van der Waals surface area contributed by atoms with Gasteiger partial charge < -0.3 is 9.88 Å². The number of carbonyl (C=O) groups is 1. The van der Waals surface area contributed by atoms with Crippen molar-refractivity contribution in [2.45, 2.75) is 53.0 Å². The van der Waals surface area contributed by atoms with Crippen molar-refractivity contribution in [2.75, 3.05) is 13.1 Å². The molecule has 0 aliphatic carbocycles. The molecule has 30 heavy (non-hydrogen) atoms. The number of aryl methyl sites for hydroxylation is 1. The van der Waals surface area contributed by atoms with Crippen LogP contribution in [0.3, 0.4) is 0 Å². The lowest BCUT2D eigenvalue weighted by molar-refractivity contribution is -0.140. The first-order chi connectivity index (χ1) is 14.2. The van der Waals surface area contributed by atoms with Crippen LogP contribution >= 0.6 is 0 Å². The maximum atomic E-state index is 12.7. The minimum absolute atomic E-state index is 0.00938. The molecule has 0 spiro atoms. The lowest BCUT2D eigenvalue weighted by Crippen LogP contribution is -2.45. The molecule has 3 heterocycles. The van der Waals surface area contributed by atoms with Gasteiger partial charge in [-0.05, 0) is 25.3 Å². The second-order valence-electron chi connectivity index (χ2n) is 9.20. The van der Waals surface area contributed by atoms with Gasteiger partial charge in [0.2, 0.25) is 5.91 Å². The summed E-state index contributed by atoms with van der Waals surface area (Å²) in [6, 6.07) is 8.16. The number of fused-ring (bicyclic) bond motifs is 1. The molecule has 8 nitrogen and oxygen atoms in total. The lowest BCUT2D eigenvalue weighted by atomic mass is 9.91. The van der Waals surface area contributed by atoms with E-state index in [1.807, 2.05) is 56.9 Å². The van der Waals surface area contributed by atoms with E-state index in [1.54, 1.807) is 4.68 Å². The number of hydrogen-bond acceptors (Lipinski definition) is 5. The minimum atomic E-state index is -0.427. The number of H-pyrrole nitrogens is 1. The maximum Gasteiger partial charge on any atom is 0.281 e. The second-order valence-corrected chi connectivity index (χ2v) is 9.20. The molecule has 1 aliphatic heterocycles. The average molecular weight is 409 g/mol. The molecule has 0 radical (unpaired) electrons. The Morgan fingerprint density at radius 3 is 2.67 bits per heavy atom. The van der Waals surface area contributed by atoms with E-state index in [4.69, 9.17) is 4.98 Å². The van der Waals surface area contributed by atoms with E-state index in [9.17, 15) is 9.59 Å². The first kappa shape index (κ1) is 20.3. The Balaban J connectivity index is 1.64. The number of nitrogens with zero attached hydrogens (tertiary/aromatic N) is 5. The number of nitrogens with one attached hydrogen (secondary N) is 1. The van der Waals surface area contributed by atoms with Crippen LogP contribution in [0.1, 0.15) is 56.5 Å². The Hall–Kier alpha value is -3.03. The molecule has 1 aromatic carbocycles. The fourth-order valence-electron chi connectivity index (χ4n) is 3.91. The first-order valence-electron chi connectivity index (χ1n) is 10.4. The molecule has 1 aliphatic rings. The monoisotopic (exact) mass is 408 g/mol. The van der Waals surface area contributed by atoms with E-state index in [-0.39, 0.29) is 22.9 Å². The largest absolute Gasteiger partial charge is 0.342 e. The summed E-state index contributed by atoms with van der Waals surface area (Å²) in [4.78, 5) is 34.9. The smallest absolute Gasteiger partial charge is 0.281 e. The summed E-state index contributed by atoms with van der Waals surface area (Å²) in [6.07, 6.45) is 1.76. The number of rotatable bonds is 3. The second kappa shape index (κ2) is 7.66. The van der Waals surface area contributed by atoms with Crippen LogP contribution in [0.2, 0.25) is 0 Å². The third kappa shape index (κ3) is 3.99. The lowest BCUT2D eigenvalue weighted by Gasteiger charge is -2.36. The summed E-state index contributed by atoms with van der Waals surface area (Å²) >= 11 is 0. The minimum Gasteiger partial charge on any atom is -0.342 e. The zero-order chi connectivity index (χ0) is 21.5. The van der Waals surface area contributed by atoms with Crippen LogP contribution in [-0.2, 0) is 11.3 Å². The third-order valence-corrected chi connectivity index (χ3v) is 5.58. The van der Waals surface area contributed by atoms with Crippen molar-refractivity contribution in [3.63, 3.8) is 0 Å². The summed E-state index contributed by atoms with van der Waals surface area (Å²) in [6.45, 7) is 9.63. The quantitative estimate of drug-likeness (QED) is 0.719. The Bertz CT molecular complexity index is 1120. The van der Waals surface area contributed by atoms with Crippen molar-refractivity contribution in [3.8, 4) is 0 Å². The molecule has 1 N–H and O–H groups in total. The van der Waals surface area contributed by atoms with Gasteiger partial charge in [-0.2, -0.15) is 0 Å². The van der Waals surface area contributed by atoms with Crippen LogP contribution < -0.4 is 5.56 Å². The van der Waals surface area contributed by atoms with E-state index in [0.29, 0.717) is 24.6 Å². The third-order valence-electron chi connectivity index (χ3n) is 5.58. The zero-order valence-electron chi connectivity index (χ0n) is 18.0. The Morgan fingerprint density at radius 1 is 1.23 bits per heavy atom. The molecule has 0 unspecified atom stereocenters. The first-order valence-corrected chi connectivity index (χ1v) is 10.4. The van der Waals surface area contributed by atoms with Gasteiger partial charge in [0.25, 0.3) is 5.56 Å². The molecular formula is C22H28N6O2. The van der Waals surface area contributed by atoms with Crippen molar-refractivity contribution in [2.24, 2.45) is 5.41 Å². The van der Waals surface area contributed by atoms with Crippen LogP contribution in [0.4, 0.5) is 0 Å². The topological polar surface area (TPSA) is 96.8 Å². The molecule has 3 aromatic rings. The van der Waals surface area contributed by atoms with Crippen LogP contribution in [-0.4, -0.2) is 48.9 Å². The molecule has 158 valence electrons. The Kier molecular flexibility index (Phi) is 5.17. The van der Waals surface area contributed by atoms with Gasteiger partial charge >= 0.3 is 0 Å². The fourth-order valence-corrected chi connectivity index (χ4v) is 3.91. The highest BCUT2D eigenvalue weighted by molar-refractivity contribution is 5.81. The summed E-state index contributed by atoms with van der Waals surface area (Å²) in [5.41, 5.74) is 2.26. The van der Waals surface area contributed by atoms with Crippen molar-refractivity contribution in [1.29, 1.82) is 0 Å². The Labute approximate surface area is 175 Å². The summed E-state index contributed by atoms with van der Waals surface area (Å²) in [7, 11) is 0. The molecule has 1 amide bonds. The van der Waals surface area contributed by atoms with E-state index >= 15 is 0 Å². The molecular weight excluding hydrogens is 380 g/mol. The van der Waals surface area contributed by atoms with Gasteiger partial charge in [-0.1, -0.05) is 55.8 Å². The molecule has 0 saturated carbocycles. The molecule has 8 heteroatoms. The number of likely N-dealkylation sites (tertiary alicyclic amines) is 1. The molecule has 0 bridgehead atoms. The Morgan fingerprint density at radius 2 is 1.97 bits per heavy atom. The maximum absolute atomic E-state index is 12.7. The predicted octanol–water partition coefficient (Wildman–Crippen LogP) is 2.62. The molecule has 1 saturated heterocycles. The number of hydrogen-bond donors (Lipinski definition) is 1. The number of amides is 1. The fraction of sp³-hybridized carbons (Fsp3) is 0.500. The van der Waals surface area contributed by atoms with E-state index in [1.165, 1.54) is 5.56 Å². The van der Waals surface area contributed by atoms with Crippen molar-refractivity contribution in [1.82, 2.24) is 29.9 Å². The van der Waals surface area contributed by atoms with Crippen molar-refractivity contribution in [3.05, 3.63) is 51.6 Å². The number of carbonyl (C=O) groups excluding carboxylic acids is 1. The standard InChI is InChI=1S/C22H28N6O2/c1-14-7-9-15(10-8-14)12-28-19-17(25-26-28)20(29)24-18(23-19)16-6-5-11-27(13-16)21(30)22(2,3)4/h7-10,16H,5-6,11-13H2,1-4H3,(H,23,24,29)/t16-/m0/s1. The van der Waals surface area contributed by atoms with Crippen molar-refractivity contribution >= 4 is 17.1 Å². The highest BCUT2D eigenvalue weighted by atomic mass is 16.2. The normalized spacial score (nSPS) is 17.5. The van der Waals surface area contributed by atoms with Crippen LogP contribution in [0.25, 0.3) is 11.2 Å². The summed E-state index contributed by atoms with van der Waals surface area (Å²) < 4.78 is 1.67. The van der Waals surface area contributed by atoms with Gasteiger partial charge in [0.1, 0.15) is 5.82 Å². The van der Waals surface area contributed by atoms with Crippen molar-refractivity contribution < 1.29 is 4.79 Å². The number of piperidine rings is 1. The SMILES string of the molecule is Cc1ccc(Cn2nnc3c(=O)[nH]c([C@H]4CCCN(C(=O)C(C)(C)C)C4)nc32)cc1. The highest BCUT2D eigenvalue weighted by Gasteiger charge is 2.32. The van der Waals surface area contributed by atoms with Crippen LogP contribution in [0.5, 0.6) is 0 Å². The number of aromatic nitrogens is 5. The molecule has 4 rings (SSSR count). The van der Waals surface area contributed by atoms with Crippen LogP contribution in [0.15, 0.2) is 29.1 Å². The van der Waals surface area contributed by atoms with E-state index in [2.05, 4.69) is 15.3 Å². The summed E-state index contributed by atoms with van der Waals surface area (Å²) in [5.74, 6) is 0.720. The zero-order valence-corrected chi connectivity index (χ0v) is 18.0. The van der Waals surface area contributed by atoms with Gasteiger partial charge in [0, 0.05) is 24.4 Å². The van der Waals surface area contributed by atoms with E-state index < -0.39 is 5.41 Å². The van der Waals surface area contributed by atoms with Gasteiger partial charge in [-0.25, -0.2) is 9.67 Å². The molecule has 2 aromatic heterocycles. The summed E-state index contributed by atoms with van der Waals surface area (Å²) in [5, 5.41) is 8.19. The van der Waals surface area contributed by atoms with Gasteiger partial charge in [-0.3, -0.25) is 9.59 Å². The molecule has 1 atom stereocenters. The van der Waals surface area contributed by atoms with Gasteiger partial charge in [0.15, 0.2) is 11.2 Å². The molecule has 1 fully saturated rings. The number of aromatic amines is 1.